The van der Waals surface area contributed by atoms with E-state index in [1.165, 1.54) is 33.4 Å². The van der Waals surface area contributed by atoms with Crippen LogP contribution in [0.5, 0.6) is 0 Å². The molecule has 1 aliphatic carbocycles. The maximum absolute atomic E-state index is 11.0. The van der Waals surface area contributed by atoms with Crippen LogP contribution in [0.15, 0.2) is 66.4 Å². The summed E-state index contributed by atoms with van der Waals surface area (Å²) >= 11 is 6.34. The van der Waals surface area contributed by atoms with Gasteiger partial charge in [-0.2, -0.15) is 0 Å². The fourth-order valence-corrected chi connectivity index (χ4v) is 5.45. The molecule has 2 aliphatic rings. The van der Waals surface area contributed by atoms with Gasteiger partial charge in [-0.15, -0.1) is 0 Å². The van der Waals surface area contributed by atoms with E-state index in [0.717, 1.165) is 68.9 Å². The number of aromatic carboxylic acids is 1. The number of carboxylic acids is 1. The Bertz CT molecular complexity index is 1220. The lowest BCUT2D eigenvalue weighted by Crippen LogP contribution is -2.32. The van der Waals surface area contributed by atoms with Crippen molar-refractivity contribution in [2.24, 2.45) is 0 Å². The van der Waals surface area contributed by atoms with Gasteiger partial charge in [0.05, 0.1) is 11.3 Å². The van der Waals surface area contributed by atoms with Gasteiger partial charge in [-0.25, -0.2) is 4.79 Å². The van der Waals surface area contributed by atoms with E-state index in [0.29, 0.717) is 5.56 Å². The number of aromatic nitrogens is 1. The molecule has 1 aliphatic heterocycles. The van der Waals surface area contributed by atoms with Gasteiger partial charge in [-0.05, 0) is 97.7 Å². The first-order chi connectivity index (χ1) is 16.6. The first kappa shape index (κ1) is 22.8. The molecule has 3 aromatic rings. The highest BCUT2D eigenvalue weighted by Crippen LogP contribution is 2.38. The third kappa shape index (κ3) is 4.94. The Labute approximate surface area is 205 Å². The number of piperidine rings is 1. The van der Waals surface area contributed by atoms with E-state index in [1.807, 2.05) is 30.5 Å². The number of benzene rings is 2. The zero-order valence-corrected chi connectivity index (χ0v) is 20.0. The van der Waals surface area contributed by atoms with Crippen LogP contribution < -0.4 is 0 Å². The van der Waals surface area contributed by atoms with Gasteiger partial charge < -0.3 is 10.0 Å². The molecule has 1 saturated heterocycles. The molecule has 1 fully saturated rings. The van der Waals surface area contributed by atoms with Gasteiger partial charge in [-0.3, -0.25) is 4.98 Å². The summed E-state index contributed by atoms with van der Waals surface area (Å²) in [6, 6.07) is 17.8. The molecule has 1 N–H and O–H groups in total. The minimum Gasteiger partial charge on any atom is -0.478 e. The number of hydrogen-bond acceptors (Lipinski definition) is 3. The van der Waals surface area contributed by atoms with Crippen LogP contribution in [-0.2, 0) is 19.3 Å². The number of carbonyl (C=O) groups is 1. The Morgan fingerprint density at radius 3 is 2.50 bits per heavy atom. The molecule has 0 atom stereocenters. The molecule has 1 aromatic heterocycles. The molecule has 0 radical (unpaired) electrons. The molecule has 0 bridgehead atoms. The third-order valence-electron chi connectivity index (χ3n) is 7.08. The van der Waals surface area contributed by atoms with Crippen molar-refractivity contribution in [2.45, 2.75) is 38.5 Å². The number of likely N-dealkylation sites (tertiary alicyclic amines) is 1. The molecule has 5 heteroatoms. The number of aryl methyl sites for hydroxylation is 3. The van der Waals surface area contributed by atoms with Crippen molar-refractivity contribution in [1.29, 1.82) is 0 Å². The van der Waals surface area contributed by atoms with Crippen LogP contribution in [0.4, 0.5) is 0 Å². The molecule has 2 heterocycles. The summed E-state index contributed by atoms with van der Waals surface area (Å²) in [7, 11) is 0. The molecule has 0 amide bonds. The minimum atomic E-state index is -0.873. The summed E-state index contributed by atoms with van der Waals surface area (Å²) in [5.41, 5.74) is 9.48. The standard InChI is InChI=1S/C29H29ClN2O2/c30-25-11-12-26-24(19-25)10-9-22-4-1-15-31-28(22)27(26)21-13-17-32(18-14-21)16-2-3-20-5-7-23(8-6-20)29(33)34/h1,4-8,11-12,15,19H,2-3,9-10,13-14,16-18H2,(H,33,34). The Balaban J connectivity index is 1.28. The van der Waals surface area contributed by atoms with Gasteiger partial charge in [0.1, 0.15) is 0 Å². The van der Waals surface area contributed by atoms with Crippen LogP contribution in [0.1, 0.15) is 57.6 Å². The van der Waals surface area contributed by atoms with Crippen molar-refractivity contribution in [3.63, 3.8) is 0 Å². The molecule has 0 saturated carbocycles. The maximum Gasteiger partial charge on any atom is 0.335 e. The first-order valence-corrected chi connectivity index (χ1v) is 12.5. The van der Waals surface area contributed by atoms with Crippen molar-refractivity contribution in [1.82, 2.24) is 9.88 Å². The summed E-state index contributed by atoms with van der Waals surface area (Å²) in [6.45, 7) is 3.17. The highest BCUT2D eigenvalue weighted by molar-refractivity contribution is 6.30. The third-order valence-corrected chi connectivity index (χ3v) is 7.32. The quantitative estimate of drug-likeness (QED) is 0.490. The van der Waals surface area contributed by atoms with E-state index in [1.54, 1.807) is 12.1 Å². The summed E-state index contributed by atoms with van der Waals surface area (Å²) in [6.07, 6.45) is 8.05. The molecule has 5 rings (SSSR count). The van der Waals surface area contributed by atoms with Gasteiger partial charge in [0.2, 0.25) is 0 Å². The zero-order chi connectivity index (χ0) is 23.5. The topological polar surface area (TPSA) is 53.4 Å². The number of rotatable bonds is 5. The lowest BCUT2D eigenvalue weighted by atomic mass is 9.88. The average molecular weight is 473 g/mol. The van der Waals surface area contributed by atoms with Crippen LogP contribution in [0.3, 0.4) is 0 Å². The summed E-state index contributed by atoms with van der Waals surface area (Å²) < 4.78 is 0. The van der Waals surface area contributed by atoms with Gasteiger partial charge in [0, 0.05) is 29.9 Å². The van der Waals surface area contributed by atoms with Crippen LogP contribution in [0.25, 0.3) is 5.57 Å². The molecule has 0 unspecified atom stereocenters. The molecule has 4 nitrogen and oxygen atoms in total. The first-order valence-electron chi connectivity index (χ1n) is 12.1. The Kier molecular flexibility index (Phi) is 6.80. The number of fused-ring (bicyclic) bond motifs is 2. The minimum absolute atomic E-state index is 0.346. The smallest absolute Gasteiger partial charge is 0.335 e. The van der Waals surface area contributed by atoms with Crippen molar-refractivity contribution >= 4 is 23.1 Å². The molecule has 174 valence electrons. The van der Waals surface area contributed by atoms with E-state index in [2.05, 4.69) is 23.1 Å². The normalized spacial score (nSPS) is 16.0. The SMILES string of the molecule is O=C(O)c1ccc(CCCN2CCC(=C3c4ccc(Cl)cc4CCc4cccnc43)CC2)cc1. The average Bonchev–Trinajstić information content (AvgIpc) is 3.01. The number of carboxylic acid groups (broad SMARTS) is 1. The maximum atomic E-state index is 11.0. The Morgan fingerprint density at radius 2 is 1.74 bits per heavy atom. The fourth-order valence-electron chi connectivity index (χ4n) is 5.25. The van der Waals surface area contributed by atoms with Crippen molar-refractivity contribution in [3.8, 4) is 0 Å². The van der Waals surface area contributed by atoms with Gasteiger partial charge in [0.15, 0.2) is 0 Å². The molecular formula is C29H29ClN2O2. The van der Waals surface area contributed by atoms with E-state index in [-0.39, 0.29) is 0 Å². The molecule has 34 heavy (non-hydrogen) atoms. The van der Waals surface area contributed by atoms with E-state index in [9.17, 15) is 4.79 Å². The van der Waals surface area contributed by atoms with Crippen LogP contribution >= 0.6 is 11.6 Å². The summed E-state index contributed by atoms with van der Waals surface area (Å²) in [4.78, 5) is 18.4. The van der Waals surface area contributed by atoms with Crippen LogP contribution in [0, 0.1) is 0 Å². The van der Waals surface area contributed by atoms with E-state index in [4.69, 9.17) is 21.7 Å². The monoisotopic (exact) mass is 472 g/mol. The van der Waals surface area contributed by atoms with E-state index < -0.39 is 5.97 Å². The van der Waals surface area contributed by atoms with Crippen LogP contribution in [0.2, 0.25) is 5.02 Å². The van der Waals surface area contributed by atoms with Gasteiger partial charge in [0.25, 0.3) is 0 Å². The largest absolute Gasteiger partial charge is 0.478 e. The van der Waals surface area contributed by atoms with Crippen molar-refractivity contribution in [3.05, 3.63) is 105 Å². The number of halogens is 1. The lowest BCUT2D eigenvalue weighted by Gasteiger charge is -2.30. The highest BCUT2D eigenvalue weighted by Gasteiger charge is 2.25. The molecular weight excluding hydrogens is 444 g/mol. The predicted octanol–water partition coefficient (Wildman–Crippen LogP) is 6.06. The van der Waals surface area contributed by atoms with Crippen LogP contribution in [-0.4, -0.2) is 40.6 Å². The zero-order valence-electron chi connectivity index (χ0n) is 19.3. The Hall–Kier alpha value is -2.95. The second-order valence-electron chi connectivity index (χ2n) is 9.24. The van der Waals surface area contributed by atoms with Crippen molar-refractivity contribution in [2.75, 3.05) is 19.6 Å². The van der Waals surface area contributed by atoms with Gasteiger partial charge >= 0.3 is 5.97 Å². The molecule has 2 aromatic carbocycles. The van der Waals surface area contributed by atoms with Crippen molar-refractivity contribution < 1.29 is 9.90 Å². The highest BCUT2D eigenvalue weighted by atomic mass is 35.5. The fraction of sp³-hybridized carbons (Fsp3) is 0.310. The predicted molar refractivity (Wildman–Crippen MR) is 137 cm³/mol. The van der Waals surface area contributed by atoms with E-state index >= 15 is 0 Å². The second-order valence-corrected chi connectivity index (χ2v) is 9.67. The second kappa shape index (κ2) is 10.1. The number of hydrogen-bond donors (Lipinski definition) is 1. The summed E-state index contributed by atoms with van der Waals surface area (Å²) in [5.74, 6) is -0.873. The number of pyridine rings is 1. The lowest BCUT2D eigenvalue weighted by molar-refractivity contribution is 0.0697. The number of nitrogens with zero attached hydrogens (tertiary/aromatic N) is 2. The Morgan fingerprint density at radius 1 is 0.971 bits per heavy atom. The van der Waals surface area contributed by atoms with Gasteiger partial charge in [-0.1, -0.05) is 41.4 Å². The molecule has 0 spiro atoms. The summed E-state index contributed by atoms with van der Waals surface area (Å²) in [5, 5.41) is 9.85.